The molecule has 3 aliphatic rings. The maximum absolute atomic E-state index is 6.02. The van der Waals surface area contributed by atoms with Gasteiger partial charge in [0.2, 0.25) is 0 Å². The molecule has 4 heterocycles. The van der Waals surface area contributed by atoms with Crippen molar-refractivity contribution in [2.24, 2.45) is 0 Å². The number of nitrogens with zero attached hydrogens (tertiary/aromatic N) is 5. The SMILES string of the molecule is Cc1cnc2c(c1)N(CCOCCCN1CCCCC1)CCN2CCOCCCN1CCCCC1. The van der Waals surface area contributed by atoms with Crippen molar-refractivity contribution in [2.45, 2.75) is 58.3 Å². The lowest BCUT2D eigenvalue weighted by Crippen LogP contribution is -2.44. The Morgan fingerprint density at radius 1 is 0.657 bits per heavy atom. The number of rotatable bonds is 14. The van der Waals surface area contributed by atoms with Crippen molar-refractivity contribution >= 4 is 11.5 Å². The van der Waals surface area contributed by atoms with Gasteiger partial charge < -0.3 is 29.1 Å². The zero-order valence-electron chi connectivity index (χ0n) is 22.3. The van der Waals surface area contributed by atoms with E-state index in [2.05, 4.69) is 32.6 Å². The summed E-state index contributed by atoms with van der Waals surface area (Å²) in [5, 5.41) is 0. The topological polar surface area (TPSA) is 44.3 Å². The van der Waals surface area contributed by atoms with E-state index in [1.54, 1.807) is 0 Å². The molecule has 1 aromatic rings. The summed E-state index contributed by atoms with van der Waals surface area (Å²) in [6.07, 6.45) is 12.5. The van der Waals surface area contributed by atoms with Crippen LogP contribution in [0.5, 0.6) is 0 Å². The van der Waals surface area contributed by atoms with Crippen molar-refractivity contribution in [3.05, 3.63) is 17.8 Å². The van der Waals surface area contributed by atoms with Gasteiger partial charge in [0.15, 0.2) is 5.82 Å². The lowest BCUT2D eigenvalue weighted by molar-refractivity contribution is 0.120. The fourth-order valence-electron chi connectivity index (χ4n) is 5.64. The van der Waals surface area contributed by atoms with Gasteiger partial charge in [0.25, 0.3) is 0 Å². The first kappa shape index (κ1) is 26.6. The van der Waals surface area contributed by atoms with Crippen LogP contribution in [0.1, 0.15) is 56.9 Å². The van der Waals surface area contributed by atoms with Crippen LogP contribution in [-0.2, 0) is 9.47 Å². The van der Waals surface area contributed by atoms with Gasteiger partial charge in [-0.15, -0.1) is 0 Å². The Kier molecular flexibility index (Phi) is 11.4. The third-order valence-corrected chi connectivity index (χ3v) is 7.70. The standard InChI is InChI=1S/C28H49N5O2/c1-26-24-27-28(29-25-26)33(19-23-35-21-9-15-31-12-6-3-7-13-31)17-16-32(27)18-22-34-20-8-14-30-10-4-2-5-11-30/h24-25H,2-23H2,1H3. The maximum Gasteiger partial charge on any atom is 0.152 e. The minimum absolute atomic E-state index is 0.773. The molecule has 0 saturated carbocycles. The molecule has 0 N–H and O–H groups in total. The van der Waals surface area contributed by atoms with Crippen LogP contribution in [0, 0.1) is 6.92 Å². The van der Waals surface area contributed by atoms with Gasteiger partial charge >= 0.3 is 0 Å². The Morgan fingerprint density at radius 2 is 1.20 bits per heavy atom. The van der Waals surface area contributed by atoms with Crippen molar-refractivity contribution in [1.29, 1.82) is 0 Å². The number of fused-ring (bicyclic) bond motifs is 1. The Morgan fingerprint density at radius 3 is 1.80 bits per heavy atom. The molecule has 0 bridgehead atoms. The number of piperidine rings is 2. The Labute approximate surface area is 213 Å². The van der Waals surface area contributed by atoms with E-state index in [4.69, 9.17) is 14.5 Å². The second-order valence-corrected chi connectivity index (χ2v) is 10.6. The quantitative estimate of drug-likeness (QED) is 0.370. The molecule has 2 fully saturated rings. The first-order chi connectivity index (χ1) is 17.3. The van der Waals surface area contributed by atoms with Crippen LogP contribution >= 0.6 is 0 Å². The molecule has 2 saturated heterocycles. The van der Waals surface area contributed by atoms with Crippen LogP contribution < -0.4 is 9.80 Å². The van der Waals surface area contributed by atoms with E-state index in [-0.39, 0.29) is 0 Å². The largest absolute Gasteiger partial charge is 0.380 e. The lowest BCUT2D eigenvalue weighted by Gasteiger charge is -2.38. The van der Waals surface area contributed by atoms with Crippen molar-refractivity contribution in [3.63, 3.8) is 0 Å². The van der Waals surface area contributed by atoms with E-state index in [0.29, 0.717) is 0 Å². The van der Waals surface area contributed by atoms with Crippen LogP contribution in [0.15, 0.2) is 12.3 Å². The Hall–Kier alpha value is -1.41. The van der Waals surface area contributed by atoms with Gasteiger partial charge in [-0.25, -0.2) is 4.98 Å². The predicted molar refractivity (Wildman–Crippen MR) is 145 cm³/mol. The van der Waals surface area contributed by atoms with Gasteiger partial charge in [-0.05, 0) is 83.3 Å². The summed E-state index contributed by atoms with van der Waals surface area (Å²) in [7, 11) is 0. The van der Waals surface area contributed by atoms with Crippen LogP contribution in [0.25, 0.3) is 0 Å². The monoisotopic (exact) mass is 487 g/mol. The molecule has 0 unspecified atom stereocenters. The molecule has 0 atom stereocenters. The van der Waals surface area contributed by atoms with Gasteiger partial charge in [0.1, 0.15) is 0 Å². The van der Waals surface area contributed by atoms with E-state index in [0.717, 1.165) is 71.3 Å². The minimum atomic E-state index is 0.773. The predicted octanol–water partition coefficient (Wildman–Crippen LogP) is 3.80. The zero-order chi connectivity index (χ0) is 24.1. The molecule has 198 valence electrons. The van der Waals surface area contributed by atoms with Crippen LogP contribution in [0.2, 0.25) is 0 Å². The van der Waals surface area contributed by atoms with E-state index in [1.165, 1.54) is 89.0 Å². The molecule has 3 aliphatic heterocycles. The van der Waals surface area contributed by atoms with Crippen LogP contribution in [0.3, 0.4) is 0 Å². The van der Waals surface area contributed by atoms with Crippen LogP contribution in [0.4, 0.5) is 11.5 Å². The number of likely N-dealkylation sites (tertiary alicyclic amines) is 2. The number of anilines is 2. The smallest absolute Gasteiger partial charge is 0.152 e. The second-order valence-electron chi connectivity index (χ2n) is 10.6. The molecule has 0 aromatic carbocycles. The number of pyridine rings is 1. The van der Waals surface area contributed by atoms with E-state index in [9.17, 15) is 0 Å². The molecule has 1 aromatic heterocycles. The molecule has 0 radical (unpaired) electrons. The number of aryl methyl sites for hydroxylation is 1. The molecule has 7 heteroatoms. The van der Waals surface area contributed by atoms with E-state index in [1.807, 2.05) is 6.20 Å². The first-order valence-electron chi connectivity index (χ1n) is 14.4. The summed E-state index contributed by atoms with van der Waals surface area (Å²) >= 11 is 0. The Balaban J connectivity index is 1.13. The fraction of sp³-hybridized carbons (Fsp3) is 0.821. The third-order valence-electron chi connectivity index (χ3n) is 7.70. The van der Waals surface area contributed by atoms with Gasteiger partial charge in [-0.3, -0.25) is 0 Å². The van der Waals surface area contributed by atoms with Crippen molar-refractivity contribution in [1.82, 2.24) is 14.8 Å². The number of aromatic nitrogens is 1. The molecular formula is C28H49N5O2. The van der Waals surface area contributed by atoms with Gasteiger partial charge in [0, 0.05) is 58.7 Å². The van der Waals surface area contributed by atoms with E-state index >= 15 is 0 Å². The summed E-state index contributed by atoms with van der Waals surface area (Å²) in [6.45, 7) is 16.7. The third kappa shape index (κ3) is 8.88. The van der Waals surface area contributed by atoms with Gasteiger partial charge in [0.05, 0.1) is 18.9 Å². The highest BCUT2D eigenvalue weighted by Crippen LogP contribution is 2.31. The molecule has 7 nitrogen and oxygen atoms in total. The summed E-state index contributed by atoms with van der Waals surface area (Å²) in [6, 6.07) is 2.28. The van der Waals surface area contributed by atoms with Gasteiger partial charge in [-0.1, -0.05) is 12.8 Å². The van der Waals surface area contributed by atoms with Crippen LogP contribution in [-0.4, -0.2) is 107 Å². The maximum atomic E-state index is 6.02. The summed E-state index contributed by atoms with van der Waals surface area (Å²) < 4.78 is 12.0. The van der Waals surface area contributed by atoms with Gasteiger partial charge in [-0.2, -0.15) is 0 Å². The summed E-state index contributed by atoms with van der Waals surface area (Å²) in [4.78, 5) is 14.8. The zero-order valence-corrected chi connectivity index (χ0v) is 22.3. The first-order valence-corrected chi connectivity index (χ1v) is 14.4. The normalized spacial score (nSPS) is 19.8. The minimum Gasteiger partial charge on any atom is -0.380 e. The Bertz CT molecular complexity index is 721. The molecule has 4 rings (SSSR count). The molecule has 0 aliphatic carbocycles. The average Bonchev–Trinajstić information content (AvgIpc) is 2.90. The van der Waals surface area contributed by atoms with Crippen molar-refractivity contribution < 1.29 is 9.47 Å². The van der Waals surface area contributed by atoms with Crippen molar-refractivity contribution in [3.8, 4) is 0 Å². The molecule has 35 heavy (non-hydrogen) atoms. The summed E-state index contributed by atoms with van der Waals surface area (Å²) in [5.74, 6) is 1.10. The highest BCUT2D eigenvalue weighted by molar-refractivity contribution is 5.70. The fourth-order valence-corrected chi connectivity index (χ4v) is 5.64. The average molecular weight is 488 g/mol. The second kappa shape index (κ2) is 15.0. The number of hydrogen-bond donors (Lipinski definition) is 0. The molecule has 0 amide bonds. The highest BCUT2D eigenvalue weighted by Gasteiger charge is 2.23. The lowest BCUT2D eigenvalue weighted by atomic mass is 10.1. The number of ether oxygens (including phenoxy) is 2. The number of hydrogen-bond acceptors (Lipinski definition) is 7. The van der Waals surface area contributed by atoms with Crippen molar-refractivity contribution in [2.75, 3.05) is 102 Å². The highest BCUT2D eigenvalue weighted by atomic mass is 16.5. The molecular weight excluding hydrogens is 438 g/mol. The molecule has 0 spiro atoms. The van der Waals surface area contributed by atoms with E-state index < -0.39 is 0 Å². The summed E-state index contributed by atoms with van der Waals surface area (Å²) in [5.41, 5.74) is 2.46.